The van der Waals surface area contributed by atoms with Gasteiger partial charge >= 0.3 is 0 Å². The minimum atomic E-state index is 0.552. The Balaban J connectivity index is 1.30. The Bertz CT molecular complexity index is 1190. The summed E-state index contributed by atoms with van der Waals surface area (Å²) in [6, 6.07) is 15.4. The highest BCUT2D eigenvalue weighted by Gasteiger charge is 2.11. The summed E-state index contributed by atoms with van der Waals surface area (Å²) in [5.74, 6) is 1.47. The second-order valence-electron chi connectivity index (χ2n) is 6.45. The number of ether oxygens (including phenoxy) is 2. The summed E-state index contributed by atoms with van der Waals surface area (Å²) in [6.07, 6.45) is 7.08. The lowest BCUT2D eigenvalue weighted by Crippen LogP contribution is -2.15. The highest BCUT2D eigenvalue weighted by atomic mass is 32.1. The minimum Gasteiger partial charge on any atom is -0.486 e. The molecule has 0 amide bonds. The molecule has 0 atom stereocenters. The van der Waals surface area contributed by atoms with Gasteiger partial charge in [0.1, 0.15) is 18.2 Å². The first kappa shape index (κ1) is 18.3. The largest absolute Gasteiger partial charge is 0.486 e. The molecule has 0 saturated heterocycles. The maximum Gasteiger partial charge on any atom is 0.163 e. The number of rotatable bonds is 5. The van der Waals surface area contributed by atoms with Crippen molar-refractivity contribution in [3.05, 3.63) is 72.8 Å². The van der Waals surface area contributed by atoms with E-state index < -0.39 is 0 Å². The van der Waals surface area contributed by atoms with E-state index in [2.05, 4.69) is 25.5 Å². The molecule has 3 aromatic heterocycles. The average molecular weight is 415 g/mol. The maximum absolute atomic E-state index is 5.59. The van der Waals surface area contributed by atoms with E-state index in [9.17, 15) is 0 Å². The van der Waals surface area contributed by atoms with Gasteiger partial charge < -0.3 is 9.47 Å². The first-order valence-corrected chi connectivity index (χ1v) is 10.2. The van der Waals surface area contributed by atoms with Crippen molar-refractivity contribution in [3.63, 3.8) is 0 Å². The first-order valence-electron chi connectivity index (χ1n) is 9.37. The molecule has 0 bridgehead atoms. The van der Waals surface area contributed by atoms with Crippen molar-refractivity contribution in [3.8, 4) is 32.6 Å². The Kier molecular flexibility index (Phi) is 5.05. The molecule has 1 aliphatic heterocycles. The number of hydrazone groups is 1. The highest BCUT2D eigenvalue weighted by molar-refractivity contribution is 7.18. The Hall–Kier alpha value is -3.78. The van der Waals surface area contributed by atoms with E-state index in [0.29, 0.717) is 13.2 Å². The van der Waals surface area contributed by atoms with E-state index in [-0.39, 0.29) is 0 Å². The quantitative estimate of drug-likeness (QED) is 0.382. The van der Waals surface area contributed by atoms with Gasteiger partial charge in [-0.2, -0.15) is 5.10 Å². The van der Waals surface area contributed by atoms with Crippen LogP contribution in [0.25, 0.3) is 21.1 Å². The molecule has 5 rings (SSSR count). The molecular formula is C22H17N5O2S. The predicted octanol–water partition coefficient (Wildman–Crippen LogP) is 4.48. The van der Waals surface area contributed by atoms with Crippen LogP contribution in [0.3, 0.4) is 0 Å². The van der Waals surface area contributed by atoms with Crippen LogP contribution in [-0.2, 0) is 0 Å². The van der Waals surface area contributed by atoms with E-state index in [1.807, 2.05) is 60.9 Å². The number of fused-ring (bicyclic) bond motifs is 1. The highest BCUT2D eigenvalue weighted by Crippen LogP contribution is 2.33. The van der Waals surface area contributed by atoms with Crippen LogP contribution >= 0.6 is 11.3 Å². The van der Waals surface area contributed by atoms with Crippen molar-refractivity contribution in [1.82, 2.24) is 15.0 Å². The summed E-state index contributed by atoms with van der Waals surface area (Å²) in [5, 5.41) is 5.21. The number of benzene rings is 1. The van der Waals surface area contributed by atoms with Crippen LogP contribution in [0.1, 0.15) is 5.69 Å². The summed E-state index contributed by atoms with van der Waals surface area (Å²) < 4.78 is 11.1. The van der Waals surface area contributed by atoms with Gasteiger partial charge in [-0.15, -0.1) is 11.3 Å². The molecule has 0 radical (unpaired) electrons. The van der Waals surface area contributed by atoms with Gasteiger partial charge in [-0.25, -0.2) is 9.97 Å². The van der Waals surface area contributed by atoms with Crippen molar-refractivity contribution in [2.24, 2.45) is 5.10 Å². The molecular weight excluding hydrogens is 398 g/mol. The third-order valence-corrected chi connectivity index (χ3v) is 5.44. The lowest BCUT2D eigenvalue weighted by atomic mass is 10.2. The zero-order chi connectivity index (χ0) is 20.2. The van der Waals surface area contributed by atoms with Crippen LogP contribution in [0.2, 0.25) is 0 Å². The van der Waals surface area contributed by atoms with Gasteiger partial charge in [0.2, 0.25) is 0 Å². The molecule has 0 fully saturated rings. The van der Waals surface area contributed by atoms with Crippen molar-refractivity contribution in [1.29, 1.82) is 0 Å². The predicted molar refractivity (Wildman–Crippen MR) is 117 cm³/mol. The van der Waals surface area contributed by atoms with E-state index in [1.165, 1.54) is 0 Å². The van der Waals surface area contributed by atoms with Crippen LogP contribution in [0.15, 0.2) is 72.2 Å². The fourth-order valence-corrected chi connectivity index (χ4v) is 3.84. The molecule has 8 heteroatoms. The smallest absolute Gasteiger partial charge is 0.163 e. The molecule has 7 nitrogen and oxygen atoms in total. The molecule has 0 unspecified atom stereocenters. The molecule has 1 N–H and O–H groups in total. The van der Waals surface area contributed by atoms with Crippen LogP contribution in [-0.4, -0.2) is 34.4 Å². The molecule has 0 saturated carbocycles. The molecule has 30 heavy (non-hydrogen) atoms. The topological polar surface area (TPSA) is 81.5 Å². The summed E-state index contributed by atoms with van der Waals surface area (Å²) in [5.41, 5.74) is 6.41. The molecule has 148 valence electrons. The van der Waals surface area contributed by atoms with Crippen molar-refractivity contribution < 1.29 is 9.47 Å². The summed E-state index contributed by atoms with van der Waals surface area (Å²) in [6.45, 7) is 1.12. The number of aromatic nitrogens is 3. The van der Waals surface area contributed by atoms with Crippen LogP contribution in [0.5, 0.6) is 11.5 Å². The maximum atomic E-state index is 5.59. The van der Waals surface area contributed by atoms with Crippen molar-refractivity contribution in [2.75, 3.05) is 18.6 Å². The monoisotopic (exact) mass is 415 g/mol. The van der Waals surface area contributed by atoms with Gasteiger partial charge in [0, 0.05) is 30.2 Å². The standard InChI is InChI=1S/C22H17N5O2S/c1-4-17(13-25-27-16-6-7-19-20(11-16)29-10-9-28-19)26-18(5-1)21-14-24-22(30-21)15-3-2-8-23-12-15/h1-8,11-14,27H,9-10H2/b25-13+. The second-order valence-corrected chi connectivity index (χ2v) is 7.48. The normalized spacial score (nSPS) is 12.8. The number of pyridine rings is 2. The van der Waals surface area contributed by atoms with Gasteiger partial charge in [0.15, 0.2) is 11.5 Å². The third kappa shape index (κ3) is 3.99. The summed E-state index contributed by atoms with van der Waals surface area (Å²) in [4.78, 5) is 14.3. The Morgan fingerprint density at radius 3 is 2.83 bits per heavy atom. The zero-order valence-electron chi connectivity index (χ0n) is 15.9. The SMILES string of the molecule is C(=N\Nc1ccc2c(c1)OCCO2)/c1cccc(-c2cnc(-c3cccnc3)s2)n1. The van der Waals surface area contributed by atoms with Gasteiger partial charge in [-0.1, -0.05) is 6.07 Å². The van der Waals surface area contributed by atoms with E-state index in [4.69, 9.17) is 9.47 Å². The molecule has 1 aliphatic rings. The number of nitrogens with zero attached hydrogens (tertiary/aromatic N) is 4. The fourth-order valence-electron chi connectivity index (χ4n) is 2.96. The van der Waals surface area contributed by atoms with Gasteiger partial charge in [0.05, 0.1) is 28.2 Å². The van der Waals surface area contributed by atoms with E-state index in [1.54, 1.807) is 23.7 Å². The van der Waals surface area contributed by atoms with Gasteiger partial charge in [-0.05, 0) is 36.4 Å². The third-order valence-electron chi connectivity index (χ3n) is 4.37. The molecule has 0 spiro atoms. The first-order chi connectivity index (χ1) is 14.8. The number of hydrogen-bond acceptors (Lipinski definition) is 8. The Morgan fingerprint density at radius 2 is 1.93 bits per heavy atom. The van der Waals surface area contributed by atoms with Crippen LogP contribution in [0.4, 0.5) is 5.69 Å². The zero-order valence-corrected chi connectivity index (χ0v) is 16.7. The lowest BCUT2D eigenvalue weighted by Gasteiger charge is -2.18. The number of anilines is 1. The van der Waals surface area contributed by atoms with E-state index in [0.717, 1.165) is 44.0 Å². The number of nitrogens with one attached hydrogen (secondary N) is 1. The summed E-state index contributed by atoms with van der Waals surface area (Å²) in [7, 11) is 0. The van der Waals surface area contributed by atoms with Crippen LogP contribution < -0.4 is 14.9 Å². The minimum absolute atomic E-state index is 0.552. The molecule has 0 aliphatic carbocycles. The van der Waals surface area contributed by atoms with Gasteiger partial charge in [0.25, 0.3) is 0 Å². The number of thiazole rings is 1. The Labute approximate surface area is 177 Å². The number of hydrogen-bond donors (Lipinski definition) is 1. The molecule has 4 heterocycles. The van der Waals surface area contributed by atoms with E-state index >= 15 is 0 Å². The molecule has 1 aromatic carbocycles. The Morgan fingerprint density at radius 1 is 1.00 bits per heavy atom. The average Bonchev–Trinajstić information content (AvgIpc) is 3.30. The second kappa shape index (κ2) is 8.30. The lowest BCUT2D eigenvalue weighted by molar-refractivity contribution is 0.171. The summed E-state index contributed by atoms with van der Waals surface area (Å²) >= 11 is 1.58. The van der Waals surface area contributed by atoms with Gasteiger partial charge in [-0.3, -0.25) is 10.4 Å². The molecule has 4 aromatic rings. The fraction of sp³-hybridized carbons (Fsp3) is 0.0909. The van der Waals surface area contributed by atoms with Crippen LogP contribution in [0, 0.1) is 0 Å². The van der Waals surface area contributed by atoms with Crippen molar-refractivity contribution in [2.45, 2.75) is 0 Å². The van der Waals surface area contributed by atoms with Crippen molar-refractivity contribution >= 4 is 23.2 Å².